The maximum Gasteiger partial charge on any atom is 0.473 e. The third kappa shape index (κ3) is 3.28. The molecule has 0 radical (unpaired) electrons. The van der Waals surface area contributed by atoms with Crippen LogP contribution in [-0.4, -0.2) is 17.8 Å². The number of nitrogens with zero attached hydrogens (tertiary/aromatic N) is 1. The topological polar surface area (TPSA) is 41.5 Å². The Morgan fingerprint density at radius 1 is 1.17 bits per heavy atom. The van der Waals surface area contributed by atoms with Crippen LogP contribution < -0.4 is 5.43 Å². The fourth-order valence-corrected chi connectivity index (χ4v) is 2.95. The first-order chi connectivity index (χ1) is 11.4. The second-order valence-electron chi connectivity index (χ2n) is 5.40. The molecule has 3 nitrogen and oxygen atoms in total. The van der Waals surface area contributed by atoms with E-state index < -0.39 is 12.1 Å². The SMILES string of the molecule is O=C(NN=C1c2ccc(Cl)cc2CC1c1ccccc1)C(F)(F)F. The van der Waals surface area contributed by atoms with Gasteiger partial charge in [-0.25, -0.2) is 5.43 Å². The smallest absolute Gasteiger partial charge is 0.263 e. The number of benzene rings is 2. The van der Waals surface area contributed by atoms with Crippen molar-refractivity contribution in [2.24, 2.45) is 5.10 Å². The Morgan fingerprint density at radius 2 is 1.88 bits per heavy atom. The van der Waals surface area contributed by atoms with E-state index in [2.05, 4.69) is 5.10 Å². The minimum absolute atomic E-state index is 0.242. The molecule has 2 aromatic rings. The van der Waals surface area contributed by atoms with E-state index in [4.69, 9.17) is 11.6 Å². The first-order valence-corrected chi connectivity index (χ1v) is 7.52. The Morgan fingerprint density at radius 3 is 2.54 bits per heavy atom. The van der Waals surface area contributed by atoms with Gasteiger partial charge >= 0.3 is 12.1 Å². The van der Waals surface area contributed by atoms with Crippen molar-refractivity contribution in [2.75, 3.05) is 0 Å². The average Bonchev–Trinajstić information content (AvgIpc) is 2.90. The summed E-state index contributed by atoms with van der Waals surface area (Å²) < 4.78 is 37.2. The second kappa shape index (κ2) is 6.28. The van der Waals surface area contributed by atoms with Crippen LogP contribution in [0, 0.1) is 0 Å². The number of carbonyl (C=O) groups is 1. The molecule has 7 heteroatoms. The number of hydrogen-bond donors (Lipinski definition) is 1. The van der Waals surface area contributed by atoms with E-state index >= 15 is 0 Å². The summed E-state index contributed by atoms with van der Waals surface area (Å²) in [4.78, 5) is 11.1. The summed E-state index contributed by atoms with van der Waals surface area (Å²) >= 11 is 5.99. The molecule has 0 saturated heterocycles. The van der Waals surface area contributed by atoms with Gasteiger partial charge in [-0.2, -0.15) is 18.3 Å². The van der Waals surface area contributed by atoms with Crippen LogP contribution in [0.5, 0.6) is 0 Å². The lowest BCUT2D eigenvalue weighted by Crippen LogP contribution is -2.34. The van der Waals surface area contributed by atoms with Crippen molar-refractivity contribution < 1.29 is 18.0 Å². The van der Waals surface area contributed by atoms with Gasteiger partial charge in [0.05, 0.1) is 5.71 Å². The van der Waals surface area contributed by atoms with E-state index in [0.29, 0.717) is 22.7 Å². The quantitative estimate of drug-likeness (QED) is 0.813. The number of nitrogens with one attached hydrogen (secondary N) is 1. The molecule has 0 heterocycles. The first-order valence-electron chi connectivity index (χ1n) is 7.15. The van der Waals surface area contributed by atoms with Gasteiger partial charge in [0.1, 0.15) is 0 Å². The van der Waals surface area contributed by atoms with Crippen molar-refractivity contribution in [1.29, 1.82) is 0 Å². The zero-order valence-corrected chi connectivity index (χ0v) is 13.0. The minimum Gasteiger partial charge on any atom is -0.263 e. The van der Waals surface area contributed by atoms with Crippen molar-refractivity contribution in [3.63, 3.8) is 0 Å². The van der Waals surface area contributed by atoms with Crippen LogP contribution in [0.1, 0.15) is 22.6 Å². The predicted molar refractivity (Wildman–Crippen MR) is 85.1 cm³/mol. The van der Waals surface area contributed by atoms with Gasteiger partial charge in [0.2, 0.25) is 0 Å². The Hall–Kier alpha value is -2.34. The van der Waals surface area contributed by atoms with Crippen molar-refractivity contribution >= 4 is 23.2 Å². The van der Waals surface area contributed by atoms with E-state index in [1.54, 1.807) is 23.6 Å². The molecule has 1 atom stereocenters. The molecular weight excluding hydrogens is 341 g/mol. The molecule has 3 rings (SSSR count). The molecule has 0 spiro atoms. The summed E-state index contributed by atoms with van der Waals surface area (Å²) in [5, 5.41) is 4.32. The predicted octanol–water partition coefficient (Wildman–Crippen LogP) is 4.06. The summed E-state index contributed by atoms with van der Waals surface area (Å²) in [5.74, 6) is -2.34. The Balaban J connectivity index is 1.99. The van der Waals surface area contributed by atoms with Crippen molar-refractivity contribution in [1.82, 2.24) is 5.43 Å². The van der Waals surface area contributed by atoms with Gasteiger partial charge in [-0.1, -0.05) is 48.0 Å². The summed E-state index contributed by atoms with van der Waals surface area (Å²) in [6, 6.07) is 14.4. The van der Waals surface area contributed by atoms with Crippen LogP contribution in [0.4, 0.5) is 13.2 Å². The fourth-order valence-electron chi connectivity index (χ4n) is 2.76. The van der Waals surface area contributed by atoms with Gasteiger partial charge in [-0.3, -0.25) is 4.79 Å². The monoisotopic (exact) mass is 352 g/mol. The highest BCUT2D eigenvalue weighted by molar-refractivity contribution is 6.31. The molecule has 1 unspecified atom stereocenters. The highest BCUT2D eigenvalue weighted by Gasteiger charge is 2.39. The number of carbonyl (C=O) groups excluding carboxylic acids is 1. The number of halogens is 4. The summed E-state index contributed by atoms with van der Waals surface area (Å²) in [6.45, 7) is 0. The summed E-state index contributed by atoms with van der Waals surface area (Å²) in [5.41, 5.74) is 4.49. The molecule has 1 aliphatic carbocycles. The fraction of sp³-hybridized carbons (Fsp3) is 0.176. The maximum atomic E-state index is 12.4. The number of hydrogen-bond acceptors (Lipinski definition) is 2. The number of amides is 1. The van der Waals surface area contributed by atoms with Gasteiger partial charge in [0.15, 0.2) is 0 Å². The second-order valence-corrected chi connectivity index (χ2v) is 5.84. The van der Waals surface area contributed by atoms with Crippen molar-refractivity contribution in [3.8, 4) is 0 Å². The lowest BCUT2D eigenvalue weighted by Gasteiger charge is -2.12. The van der Waals surface area contributed by atoms with Crippen molar-refractivity contribution in [2.45, 2.75) is 18.5 Å². The number of rotatable bonds is 2. The molecule has 1 aliphatic rings. The van der Waals surface area contributed by atoms with Gasteiger partial charge in [0, 0.05) is 16.5 Å². The molecule has 2 aromatic carbocycles. The van der Waals surface area contributed by atoms with Crippen LogP contribution in [0.2, 0.25) is 5.02 Å². The highest BCUT2D eigenvalue weighted by atomic mass is 35.5. The van der Waals surface area contributed by atoms with Gasteiger partial charge in [-0.15, -0.1) is 0 Å². The third-order valence-electron chi connectivity index (χ3n) is 3.83. The molecule has 0 saturated carbocycles. The Labute approximate surface area is 141 Å². The van der Waals surface area contributed by atoms with Crippen LogP contribution in [0.25, 0.3) is 0 Å². The summed E-state index contributed by atoms with van der Waals surface area (Å²) in [7, 11) is 0. The number of fused-ring (bicyclic) bond motifs is 1. The molecule has 1 N–H and O–H groups in total. The maximum absolute atomic E-state index is 12.4. The lowest BCUT2D eigenvalue weighted by molar-refractivity contribution is -0.173. The van der Waals surface area contributed by atoms with E-state index in [0.717, 1.165) is 11.1 Å². The van der Waals surface area contributed by atoms with Gasteiger partial charge in [-0.05, 0) is 29.7 Å². The van der Waals surface area contributed by atoms with Gasteiger partial charge < -0.3 is 0 Å². The van der Waals surface area contributed by atoms with Crippen LogP contribution in [-0.2, 0) is 11.2 Å². The number of alkyl halides is 3. The molecule has 0 aromatic heterocycles. The van der Waals surface area contributed by atoms with E-state index in [1.165, 1.54) is 0 Å². The van der Waals surface area contributed by atoms with E-state index in [1.807, 2.05) is 30.3 Å². The van der Waals surface area contributed by atoms with Crippen molar-refractivity contribution in [3.05, 3.63) is 70.2 Å². The third-order valence-corrected chi connectivity index (χ3v) is 4.07. The lowest BCUT2D eigenvalue weighted by atomic mass is 9.95. The molecule has 24 heavy (non-hydrogen) atoms. The highest BCUT2D eigenvalue weighted by Crippen LogP contribution is 2.35. The van der Waals surface area contributed by atoms with E-state index in [-0.39, 0.29) is 5.92 Å². The van der Waals surface area contributed by atoms with Crippen LogP contribution in [0.15, 0.2) is 53.6 Å². The zero-order chi connectivity index (χ0) is 17.3. The summed E-state index contributed by atoms with van der Waals surface area (Å²) in [6.07, 6.45) is -4.42. The van der Waals surface area contributed by atoms with Gasteiger partial charge in [0.25, 0.3) is 0 Å². The normalized spacial score (nSPS) is 18.5. The van der Waals surface area contributed by atoms with E-state index in [9.17, 15) is 18.0 Å². The van der Waals surface area contributed by atoms with Crippen LogP contribution in [0.3, 0.4) is 0 Å². The minimum atomic E-state index is -4.98. The van der Waals surface area contributed by atoms with Crippen LogP contribution >= 0.6 is 11.6 Å². The molecule has 0 bridgehead atoms. The zero-order valence-electron chi connectivity index (χ0n) is 12.3. The molecule has 0 fully saturated rings. The largest absolute Gasteiger partial charge is 0.473 e. The Kier molecular flexibility index (Phi) is 4.32. The molecule has 124 valence electrons. The average molecular weight is 353 g/mol. The first kappa shape index (κ1) is 16.5. The Bertz CT molecular complexity index is 803. The molecular formula is C17H12ClF3N2O. The molecule has 1 amide bonds. The molecule has 0 aliphatic heterocycles. The standard InChI is InChI=1S/C17H12ClF3N2O/c18-12-6-7-13-11(8-12)9-14(10-4-2-1-3-5-10)15(13)22-23-16(24)17(19,20)21/h1-8,14H,9H2,(H,23,24). The number of hydrazone groups is 1.